The number of H-pyrrole nitrogens is 1. The zero-order valence-electron chi connectivity index (χ0n) is 16.1. The van der Waals surface area contributed by atoms with E-state index in [2.05, 4.69) is 20.9 Å². The van der Waals surface area contributed by atoms with Crippen LogP contribution in [0.2, 0.25) is 0 Å². The Balaban J connectivity index is 1.85. The normalized spacial score (nSPS) is 15.3. The molecule has 1 fully saturated rings. The second-order valence-corrected chi connectivity index (χ2v) is 9.78. The van der Waals surface area contributed by atoms with Gasteiger partial charge in [0.25, 0.3) is 11.5 Å². The first kappa shape index (κ1) is 20.5. The summed E-state index contributed by atoms with van der Waals surface area (Å²) < 4.78 is 6.32. The highest BCUT2D eigenvalue weighted by Crippen LogP contribution is 2.30. The molecule has 0 unspecified atom stereocenters. The van der Waals surface area contributed by atoms with Gasteiger partial charge in [0.15, 0.2) is 0 Å². The lowest BCUT2D eigenvalue weighted by molar-refractivity contribution is -0.128. The number of nitrogens with zero attached hydrogens (tertiary/aromatic N) is 2. The van der Waals surface area contributed by atoms with E-state index in [4.69, 9.17) is 9.72 Å². The third kappa shape index (κ3) is 4.09. The van der Waals surface area contributed by atoms with Gasteiger partial charge in [0, 0.05) is 32.7 Å². The van der Waals surface area contributed by atoms with E-state index in [0.717, 1.165) is 26.2 Å². The van der Waals surface area contributed by atoms with Crippen molar-refractivity contribution in [2.24, 2.45) is 0 Å². The summed E-state index contributed by atoms with van der Waals surface area (Å²) in [5, 5.41) is 2.59. The molecule has 0 spiro atoms. The number of aromatic amines is 1. The zero-order valence-corrected chi connectivity index (χ0v) is 19.3. The van der Waals surface area contributed by atoms with Crippen LogP contribution in [-0.2, 0) is 16.0 Å². The Bertz CT molecular complexity index is 1160. The lowest BCUT2D eigenvalue weighted by Gasteiger charge is -2.27. The van der Waals surface area contributed by atoms with Gasteiger partial charge in [-0.15, -0.1) is 22.7 Å². The molecule has 152 valence electrons. The molecule has 0 saturated carbocycles. The van der Waals surface area contributed by atoms with E-state index in [-0.39, 0.29) is 11.5 Å². The van der Waals surface area contributed by atoms with Gasteiger partial charge in [-0.05, 0) is 47.0 Å². The third-order valence-electron chi connectivity index (χ3n) is 4.87. The number of fused-ring (bicyclic) bond motifs is 1. The van der Waals surface area contributed by atoms with Gasteiger partial charge in [0.1, 0.15) is 10.7 Å². The van der Waals surface area contributed by atoms with Gasteiger partial charge in [-0.3, -0.25) is 9.59 Å². The van der Waals surface area contributed by atoms with Crippen LogP contribution < -0.4 is 5.56 Å². The second-order valence-electron chi connectivity index (χ2n) is 6.71. The van der Waals surface area contributed by atoms with E-state index in [0.29, 0.717) is 47.9 Å². The highest BCUT2D eigenvalue weighted by atomic mass is 79.9. The summed E-state index contributed by atoms with van der Waals surface area (Å²) in [5.74, 6) is 0.164. The van der Waals surface area contributed by atoms with E-state index in [1.807, 2.05) is 25.3 Å². The van der Waals surface area contributed by atoms with E-state index >= 15 is 0 Å². The fraction of sp³-hybridized carbons (Fsp3) is 0.350. The summed E-state index contributed by atoms with van der Waals surface area (Å²) in [7, 11) is 0. The summed E-state index contributed by atoms with van der Waals surface area (Å²) in [5.41, 5.74) is 1.22. The molecule has 1 N–H and O–H groups in total. The van der Waals surface area contributed by atoms with Crippen LogP contribution in [-0.4, -0.2) is 47.1 Å². The van der Waals surface area contributed by atoms with E-state index < -0.39 is 0 Å². The van der Waals surface area contributed by atoms with Crippen LogP contribution in [0.15, 0.2) is 20.7 Å². The zero-order chi connectivity index (χ0) is 20.5. The number of carbonyl (C=O) groups is 1. The predicted molar refractivity (Wildman–Crippen MR) is 122 cm³/mol. The predicted octanol–water partition coefficient (Wildman–Crippen LogP) is 4.08. The number of thiophene rings is 2. The van der Waals surface area contributed by atoms with Crippen molar-refractivity contribution in [3.63, 3.8) is 0 Å². The number of halogens is 1. The quantitative estimate of drug-likeness (QED) is 0.555. The topological polar surface area (TPSA) is 75.3 Å². The number of aryl methyl sites for hydroxylation is 2. The Kier molecular flexibility index (Phi) is 6.00. The minimum atomic E-state index is -0.195. The summed E-state index contributed by atoms with van der Waals surface area (Å²) in [6.45, 7) is 6.10. The van der Waals surface area contributed by atoms with Crippen LogP contribution >= 0.6 is 38.6 Å². The first-order valence-corrected chi connectivity index (χ1v) is 11.8. The standard InChI is InChI=1S/C20H20BrN3O3S2/c1-3-14-11(2)29-19-16(14)18(25)22-17(23-19)15(9-13-8-12(21)10-28-13)20(26)24-4-6-27-7-5-24/h8-10H,3-7H2,1-2H3,(H,22,23,25)/b15-9+. The molecule has 0 atom stereocenters. The van der Waals surface area contributed by atoms with Crippen LogP contribution in [0.3, 0.4) is 0 Å². The van der Waals surface area contributed by atoms with Crippen molar-refractivity contribution in [1.29, 1.82) is 0 Å². The van der Waals surface area contributed by atoms with Crippen molar-refractivity contribution in [3.05, 3.63) is 47.4 Å². The number of carbonyl (C=O) groups excluding carboxylic acids is 1. The highest BCUT2D eigenvalue weighted by molar-refractivity contribution is 9.10. The molecule has 1 aliphatic rings. The number of amides is 1. The Morgan fingerprint density at radius 2 is 2.17 bits per heavy atom. The van der Waals surface area contributed by atoms with Crippen LogP contribution in [0.5, 0.6) is 0 Å². The molecule has 0 aromatic carbocycles. The fourth-order valence-corrected chi connectivity index (χ4v) is 5.93. The SMILES string of the molecule is CCc1c(C)sc2nc(/C(=C\c3cc(Br)cs3)C(=O)N3CCOCC3)[nH]c(=O)c12. The van der Waals surface area contributed by atoms with Crippen LogP contribution in [0.1, 0.15) is 28.1 Å². The van der Waals surface area contributed by atoms with Crippen LogP contribution in [0.4, 0.5) is 0 Å². The van der Waals surface area contributed by atoms with Crippen molar-refractivity contribution in [1.82, 2.24) is 14.9 Å². The minimum Gasteiger partial charge on any atom is -0.378 e. The molecule has 3 aromatic heterocycles. The largest absolute Gasteiger partial charge is 0.378 e. The monoisotopic (exact) mass is 493 g/mol. The summed E-state index contributed by atoms with van der Waals surface area (Å²) in [4.78, 5) is 38.2. The number of ether oxygens (including phenoxy) is 1. The smallest absolute Gasteiger partial charge is 0.260 e. The van der Waals surface area contributed by atoms with E-state index in [9.17, 15) is 9.59 Å². The Morgan fingerprint density at radius 3 is 2.83 bits per heavy atom. The summed E-state index contributed by atoms with van der Waals surface area (Å²) in [6, 6.07) is 1.94. The molecule has 3 aromatic rings. The fourth-order valence-electron chi connectivity index (χ4n) is 3.44. The highest BCUT2D eigenvalue weighted by Gasteiger charge is 2.25. The Morgan fingerprint density at radius 1 is 1.41 bits per heavy atom. The lowest BCUT2D eigenvalue weighted by Crippen LogP contribution is -2.41. The number of aromatic nitrogens is 2. The lowest BCUT2D eigenvalue weighted by atomic mass is 10.1. The first-order valence-electron chi connectivity index (χ1n) is 9.33. The van der Waals surface area contributed by atoms with Crippen LogP contribution in [0, 0.1) is 6.92 Å². The third-order valence-corrected chi connectivity index (χ3v) is 7.56. The average Bonchev–Trinajstić information content (AvgIpc) is 3.28. The molecule has 9 heteroatoms. The van der Waals surface area contributed by atoms with E-state index in [1.54, 1.807) is 11.0 Å². The molecule has 6 nitrogen and oxygen atoms in total. The summed E-state index contributed by atoms with van der Waals surface area (Å²) in [6.07, 6.45) is 2.58. The van der Waals surface area contributed by atoms with Gasteiger partial charge in [-0.2, -0.15) is 0 Å². The molecule has 4 heterocycles. The first-order chi connectivity index (χ1) is 14.0. The number of hydrogen-bond acceptors (Lipinski definition) is 6. The molecule has 1 saturated heterocycles. The molecule has 0 aliphatic carbocycles. The molecule has 0 bridgehead atoms. The number of morpholine rings is 1. The molecule has 1 amide bonds. The minimum absolute atomic E-state index is 0.149. The van der Waals surface area contributed by atoms with Crippen molar-refractivity contribution >= 4 is 66.4 Å². The molecule has 4 rings (SSSR count). The van der Waals surface area contributed by atoms with Crippen molar-refractivity contribution in [3.8, 4) is 0 Å². The van der Waals surface area contributed by atoms with Gasteiger partial charge in [0.05, 0.1) is 24.2 Å². The number of nitrogens with one attached hydrogen (secondary N) is 1. The number of rotatable bonds is 4. The average molecular weight is 494 g/mol. The maximum atomic E-state index is 13.3. The molecule has 29 heavy (non-hydrogen) atoms. The van der Waals surface area contributed by atoms with Crippen molar-refractivity contribution < 1.29 is 9.53 Å². The second kappa shape index (κ2) is 8.51. The van der Waals surface area contributed by atoms with Gasteiger partial charge in [0.2, 0.25) is 0 Å². The molecule has 0 radical (unpaired) electrons. The Labute approximate surface area is 184 Å². The van der Waals surface area contributed by atoms with Crippen LogP contribution in [0.25, 0.3) is 21.9 Å². The maximum Gasteiger partial charge on any atom is 0.260 e. The van der Waals surface area contributed by atoms with Gasteiger partial charge in [-0.25, -0.2) is 4.98 Å². The van der Waals surface area contributed by atoms with Gasteiger partial charge in [-0.1, -0.05) is 6.92 Å². The molecular weight excluding hydrogens is 474 g/mol. The molecule has 1 aliphatic heterocycles. The maximum absolute atomic E-state index is 13.3. The van der Waals surface area contributed by atoms with Crippen molar-refractivity contribution in [2.45, 2.75) is 20.3 Å². The van der Waals surface area contributed by atoms with Gasteiger partial charge >= 0.3 is 0 Å². The Hall–Kier alpha value is -1.81. The number of hydrogen-bond donors (Lipinski definition) is 1. The summed E-state index contributed by atoms with van der Waals surface area (Å²) >= 11 is 6.47. The van der Waals surface area contributed by atoms with Gasteiger partial charge < -0.3 is 14.6 Å². The van der Waals surface area contributed by atoms with E-state index in [1.165, 1.54) is 22.7 Å². The molecular formula is C20H20BrN3O3S2. The van der Waals surface area contributed by atoms with Crippen molar-refractivity contribution in [2.75, 3.05) is 26.3 Å².